The molecule has 0 amide bonds. The second kappa shape index (κ2) is 10.7. The van der Waals surface area contributed by atoms with Crippen molar-refractivity contribution in [2.24, 2.45) is 0 Å². The summed E-state index contributed by atoms with van der Waals surface area (Å²) >= 11 is 0. The van der Waals surface area contributed by atoms with Crippen LogP contribution in [0.1, 0.15) is 44.0 Å². The first-order valence-electron chi connectivity index (χ1n) is 11.4. The summed E-state index contributed by atoms with van der Waals surface area (Å²) in [5.41, 5.74) is 4.10. The molecule has 0 saturated heterocycles. The number of hydrogen-bond acceptors (Lipinski definition) is 5. The van der Waals surface area contributed by atoms with Gasteiger partial charge in [-0.2, -0.15) is 5.10 Å². The number of aromatic amines is 1. The van der Waals surface area contributed by atoms with Gasteiger partial charge in [-0.3, -0.25) is 4.57 Å². The second-order valence-corrected chi connectivity index (χ2v) is 8.07. The van der Waals surface area contributed by atoms with Crippen LogP contribution in [0.15, 0.2) is 66.0 Å². The summed E-state index contributed by atoms with van der Waals surface area (Å²) in [5, 5.41) is 18.7. The van der Waals surface area contributed by atoms with Crippen molar-refractivity contribution in [1.29, 1.82) is 0 Å². The molecule has 0 saturated carbocycles. The van der Waals surface area contributed by atoms with Crippen LogP contribution in [0, 0.1) is 0 Å². The number of allylic oxidation sites excluding steroid dienone is 1. The van der Waals surface area contributed by atoms with Gasteiger partial charge in [-0.05, 0) is 46.0 Å². The molecule has 33 heavy (non-hydrogen) atoms. The van der Waals surface area contributed by atoms with E-state index in [1.807, 2.05) is 18.2 Å². The number of aryl methyl sites for hydroxylation is 2. The molecule has 0 radical (unpaired) electrons. The molecule has 0 aliphatic heterocycles. The van der Waals surface area contributed by atoms with Crippen molar-refractivity contribution in [3.63, 3.8) is 0 Å². The molecule has 0 fully saturated rings. The fraction of sp³-hybridized carbons (Fsp3) is 0.320. The summed E-state index contributed by atoms with van der Waals surface area (Å²) in [5.74, 6) is 1.45. The third-order valence-electron chi connectivity index (χ3n) is 5.65. The lowest BCUT2D eigenvalue weighted by Gasteiger charge is -2.08. The standard InChI is InChI=1S/C25H29N7O/c1-3-5-7-16-32-25(33)31(23(28-32)11-6-4-2)18-19-12-14-20(15-13-19)21-9-8-10-22(17-21)24-26-29-30-27-24/h4,8-10,12-15,17H,2-3,5-7,11,16,18H2,1H3,(H,26,27,29,30). The van der Waals surface area contributed by atoms with Crippen LogP contribution in [0.2, 0.25) is 0 Å². The highest BCUT2D eigenvalue weighted by Crippen LogP contribution is 2.24. The Morgan fingerprint density at radius 3 is 2.61 bits per heavy atom. The zero-order chi connectivity index (χ0) is 23.0. The van der Waals surface area contributed by atoms with E-state index in [9.17, 15) is 4.79 Å². The van der Waals surface area contributed by atoms with Gasteiger partial charge in [0.25, 0.3) is 0 Å². The third kappa shape index (κ3) is 5.34. The average molecular weight is 444 g/mol. The van der Waals surface area contributed by atoms with Gasteiger partial charge in [0.15, 0.2) is 5.82 Å². The molecule has 8 heteroatoms. The lowest BCUT2D eigenvalue weighted by Crippen LogP contribution is -2.26. The fourth-order valence-corrected chi connectivity index (χ4v) is 3.83. The Labute approximate surface area is 193 Å². The van der Waals surface area contributed by atoms with Gasteiger partial charge >= 0.3 is 5.69 Å². The van der Waals surface area contributed by atoms with Gasteiger partial charge in [-0.15, -0.1) is 11.7 Å². The van der Waals surface area contributed by atoms with Crippen LogP contribution in [-0.4, -0.2) is 35.0 Å². The number of tetrazole rings is 1. The number of H-pyrrole nitrogens is 1. The number of aromatic nitrogens is 7. The minimum absolute atomic E-state index is 0.0393. The molecule has 8 nitrogen and oxygen atoms in total. The molecule has 4 aromatic rings. The predicted octanol–water partition coefficient (Wildman–Crippen LogP) is 4.25. The summed E-state index contributed by atoms with van der Waals surface area (Å²) in [6.07, 6.45) is 6.54. The van der Waals surface area contributed by atoms with Gasteiger partial charge < -0.3 is 0 Å². The molecule has 2 aromatic carbocycles. The molecular weight excluding hydrogens is 414 g/mol. The zero-order valence-electron chi connectivity index (χ0n) is 18.9. The molecule has 0 bridgehead atoms. The maximum Gasteiger partial charge on any atom is 0.346 e. The van der Waals surface area contributed by atoms with Crippen LogP contribution in [0.3, 0.4) is 0 Å². The molecule has 0 atom stereocenters. The van der Waals surface area contributed by atoms with Crippen molar-refractivity contribution < 1.29 is 0 Å². The Morgan fingerprint density at radius 2 is 1.88 bits per heavy atom. The average Bonchev–Trinajstić information content (AvgIpc) is 3.48. The van der Waals surface area contributed by atoms with Crippen LogP contribution < -0.4 is 5.69 Å². The number of unbranched alkanes of at least 4 members (excludes halogenated alkanes) is 2. The van der Waals surface area contributed by atoms with Gasteiger partial charge in [0.2, 0.25) is 0 Å². The van der Waals surface area contributed by atoms with E-state index in [4.69, 9.17) is 0 Å². The Kier molecular flexibility index (Phi) is 7.24. The summed E-state index contributed by atoms with van der Waals surface area (Å²) in [4.78, 5) is 13.0. The SMILES string of the molecule is C=CCCc1nn(CCCCC)c(=O)n1Cc1ccc(-c2cccc(-c3nnn[nH]3)c2)cc1. The number of nitrogens with one attached hydrogen (secondary N) is 1. The first-order valence-corrected chi connectivity index (χ1v) is 11.4. The molecule has 170 valence electrons. The largest absolute Gasteiger partial charge is 0.346 e. The molecule has 4 rings (SSSR count). The van der Waals surface area contributed by atoms with Crippen molar-refractivity contribution in [3.8, 4) is 22.5 Å². The van der Waals surface area contributed by atoms with Gasteiger partial charge in [-0.25, -0.2) is 14.6 Å². The van der Waals surface area contributed by atoms with Crippen LogP contribution in [0.4, 0.5) is 0 Å². The highest BCUT2D eigenvalue weighted by Gasteiger charge is 2.13. The highest BCUT2D eigenvalue weighted by atomic mass is 16.2. The molecule has 0 aliphatic rings. The van der Waals surface area contributed by atoms with Crippen molar-refractivity contribution in [2.45, 2.75) is 52.1 Å². The molecule has 1 N–H and O–H groups in total. The van der Waals surface area contributed by atoms with Crippen molar-refractivity contribution >= 4 is 0 Å². The van der Waals surface area contributed by atoms with Crippen LogP contribution in [0.25, 0.3) is 22.5 Å². The van der Waals surface area contributed by atoms with Gasteiger partial charge in [-0.1, -0.05) is 68.3 Å². The minimum Gasteiger partial charge on any atom is -0.274 e. The van der Waals surface area contributed by atoms with Crippen LogP contribution in [-0.2, 0) is 19.5 Å². The number of benzene rings is 2. The molecule has 2 heterocycles. The quantitative estimate of drug-likeness (QED) is 0.276. The van der Waals surface area contributed by atoms with Crippen molar-refractivity contribution in [1.82, 2.24) is 35.0 Å². The van der Waals surface area contributed by atoms with E-state index >= 15 is 0 Å². The zero-order valence-corrected chi connectivity index (χ0v) is 18.9. The summed E-state index contributed by atoms with van der Waals surface area (Å²) in [7, 11) is 0. The lowest BCUT2D eigenvalue weighted by atomic mass is 10.0. The number of rotatable bonds is 11. The van der Waals surface area contributed by atoms with Crippen molar-refractivity contribution in [2.75, 3.05) is 0 Å². The molecule has 0 spiro atoms. The van der Waals surface area contributed by atoms with E-state index in [2.05, 4.69) is 75.6 Å². The Bertz CT molecular complexity index is 1240. The third-order valence-corrected chi connectivity index (χ3v) is 5.65. The molecular formula is C25H29N7O. The van der Waals surface area contributed by atoms with Crippen molar-refractivity contribution in [3.05, 3.63) is 83.1 Å². The summed E-state index contributed by atoms with van der Waals surface area (Å²) in [6.45, 7) is 7.13. The van der Waals surface area contributed by atoms with Gasteiger partial charge in [0.05, 0.1) is 6.54 Å². The second-order valence-electron chi connectivity index (χ2n) is 8.07. The summed E-state index contributed by atoms with van der Waals surface area (Å²) < 4.78 is 3.41. The first-order chi connectivity index (χ1) is 16.2. The maximum absolute atomic E-state index is 13.0. The van der Waals surface area contributed by atoms with E-state index < -0.39 is 0 Å². The molecule has 0 aliphatic carbocycles. The van der Waals surface area contributed by atoms with E-state index in [1.165, 1.54) is 0 Å². The van der Waals surface area contributed by atoms with E-state index in [-0.39, 0.29) is 5.69 Å². The topological polar surface area (TPSA) is 94.3 Å². The first kappa shape index (κ1) is 22.4. The lowest BCUT2D eigenvalue weighted by molar-refractivity contribution is 0.530. The van der Waals surface area contributed by atoms with E-state index in [1.54, 1.807) is 9.25 Å². The number of hydrogen-bond donors (Lipinski definition) is 1. The Balaban J connectivity index is 1.55. The van der Waals surface area contributed by atoms with Crippen LogP contribution in [0.5, 0.6) is 0 Å². The predicted molar refractivity (Wildman–Crippen MR) is 129 cm³/mol. The molecule has 0 unspecified atom stereocenters. The maximum atomic E-state index is 13.0. The normalized spacial score (nSPS) is 11.1. The Hall–Kier alpha value is -3.81. The van der Waals surface area contributed by atoms with Gasteiger partial charge in [0, 0.05) is 18.5 Å². The van der Waals surface area contributed by atoms with Gasteiger partial charge in [0.1, 0.15) is 5.82 Å². The highest BCUT2D eigenvalue weighted by molar-refractivity contribution is 5.70. The smallest absolute Gasteiger partial charge is 0.274 e. The fourth-order valence-electron chi connectivity index (χ4n) is 3.83. The monoisotopic (exact) mass is 443 g/mol. The Morgan fingerprint density at radius 1 is 1.06 bits per heavy atom. The van der Waals surface area contributed by atoms with E-state index in [0.29, 0.717) is 25.3 Å². The van der Waals surface area contributed by atoms with Crippen LogP contribution >= 0.6 is 0 Å². The minimum atomic E-state index is -0.0393. The summed E-state index contributed by atoms with van der Waals surface area (Å²) in [6, 6.07) is 16.3. The van der Waals surface area contributed by atoms with E-state index in [0.717, 1.165) is 53.8 Å². The number of nitrogens with zero attached hydrogens (tertiary/aromatic N) is 6. The molecule has 2 aromatic heterocycles.